The first-order chi connectivity index (χ1) is 12.0. The van der Waals surface area contributed by atoms with Gasteiger partial charge in [-0.15, -0.1) is 0 Å². The summed E-state index contributed by atoms with van der Waals surface area (Å²) >= 11 is 0. The number of hydrogen-bond acceptors (Lipinski definition) is 3. The summed E-state index contributed by atoms with van der Waals surface area (Å²) in [5.41, 5.74) is 0.540. The zero-order chi connectivity index (χ0) is 18.2. The van der Waals surface area contributed by atoms with Gasteiger partial charge in [-0.2, -0.15) is 5.10 Å². The van der Waals surface area contributed by atoms with Crippen LogP contribution >= 0.6 is 0 Å². The molecule has 5 nitrogen and oxygen atoms in total. The summed E-state index contributed by atoms with van der Waals surface area (Å²) in [7, 11) is 0. The minimum atomic E-state index is -0.218. The van der Waals surface area contributed by atoms with Gasteiger partial charge in [0.05, 0.1) is 11.1 Å². The number of carbonyl (C=O) groups is 1. The minimum absolute atomic E-state index is 0.0299. The predicted octanol–water partition coefficient (Wildman–Crippen LogP) is 3.43. The molecule has 0 atom stereocenters. The summed E-state index contributed by atoms with van der Waals surface area (Å²) in [6, 6.07) is 7.36. The summed E-state index contributed by atoms with van der Waals surface area (Å²) in [5.74, 6) is 0.599. The van der Waals surface area contributed by atoms with Crippen molar-refractivity contribution >= 4 is 16.7 Å². The SMILES string of the molecule is Cc1nn(CC(=O)NCCCCCCC(C)C)c(=O)c2ccccc12. The lowest BCUT2D eigenvalue weighted by Crippen LogP contribution is -2.34. The highest BCUT2D eigenvalue weighted by atomic mass is 16.2. The van der Waals surface area contributed by atoms with Crippen LogP contribution in [0.4, 0.5) is 0 Å². The molecule has 0 saturated carbocycles. The maximum Gasteiger partial charge on any atom is 0.275 e. The Morgan fingerprint density at radius 2 is 1.80 bits per heavy atom. The van der Waals surface area contributed by atoms with Gasteiger partial charge in [0, 0.05) is 11.9 Å². The van der Waals surface area contributed by atoms with Crippen LogP contribution in [0.25, 0.3) is 10.8 Å². The van der Waals surface area contributed by atoms with Crippen LogP contribution in [0, 0.1) is 12.8 Å². The van der Waals surface area contributed by atoms with Crippen LogP contribution in [-0.2, 0) is 11.3 Å². The van der Waals surface area contributed by atoms with Crippen molar-refractivity contribution in [1.29, 1.82) is 0 Å². The summed E-state index contributed by atoms with van der Waals surface area (Å²) in [4.78, 5) is 24.5. The molecule has 1 aromatic carbocycles. The van der Waals surface area contributed by atoms with Crippen LogP contribution in [0.3, 0.4) is 0 Å². The lowest BCUT2D eigenvalue weighted by Gasteiger charge is -2.09. The molecule has 2 aromatic rings. The number of aromatic nitrogens is 2. The van der Waals surface area contributed by atoms with Crippen molar-refractivity contribution in [2.45, 2.75) is 59.4 Å². The topological polar surface area (TPSA) is 64.0 Å². The molecule has 0 unspecified atom stereocenters. The summed E-state index contributed by atoms with van der Waals surface area (Å²) in [6.07, 6.45) is 5.83. The van der Waals surface area contributed by atoms with Crippen LogP contribution in [0.1, 0.15) is 51.6 Å². The van der Waals surface area contributed by atoms with E-state index in [9.17, 15) is 9.59 Å². The third kappa shape index (κ3) is 5.69. The van der Waals surface area contributed by atoms with Crippen molar-refractivity contribution in [2.75, 3.05) is 6.54 Å². The number of aryl methyl sites for hydroxylation is 1. The van der Waals surface area contributed by atoms with E-state index < -0.39 is 0 Å². The molecule has 1 aromatic heterocycles. The van der Waals surface area contributed by atoms with E-state index in [0.717, 1.165) is 29.8 Å². The van der Waals surface area contributed by atoms with Crippen molar-refractivity contribution in [1.82, 2.24) is 15.1 Å². The van der Waals surface area contributed by atoms with E-state index in [2.05, 4.69) is 24.3 Å². The molecule has 0 fully saturated rings. The summed E-state index contributed by atoms with van der Waals surface area (Å²) in [5, 5.41) is 8.60. The number of nitrogens with one attached hydrogen (secondary N) is 1. The largest absolute Gasteiger partial charge is 0.354 e. The molecule has 25 heavy (non-hydrogen) atoms. The number of amides is 1. The van der Waals surface area contributed by atoms with E-state index in [1.807, 2.05) is 25.1 Å². The molecule has 136 valence electrons. The zero-order valence-electron chi connectivity index (χ0n) is 15.5. The molecule has 0 aliphatic heterocycles. The minimum Gasteiger partial charge on any atom is -0.354 e. The van der Waals surface area contributed by atoms with E-state index in [1.54, 1.807) is 6.07 Å². The molecule has 1 N–H and O–H groups in total. The molecule has 5 heteroatoms. The van der Waals surface area contributed by atoms with Crippen LogP contribution in [-0.4, -0.2) is 22.2 Å². The third-order valence-electron chi connectivity index (χ3n) is 4.38. The highest BCUT2D eigenvalue weighted by molar-refractivity contribution is 5.83. The maximum atomic E-state index is 12.4. The monoisotopic (exact) mass is 343 g/mol. The first kappa shape index (κ1) is 19.2. The number of hydrogen-bond donors (Lipinski definition) is 1. The van der Waals surface area contributed by atoms with Gasteiger partial charge in [0.25, 0.3) is 5.56 Å². The number of rotatable bonds is 9. The van der Waals surface area contributed by atoms with Gasteiger partial charge in [0.1, 0.15) is 6.54 Å². The average Bonchev–Trinajstić information content (AvgIpc) is 2.58. The second kappa shape index (κ2) is 9.35. The predicted molar refractivity (Wildman–Crippen MR) is 102 cm³/mol. The molecule has 0 radical (unpaired) electrons. The molecule has 0 bridgehead atoms. The third-order valence-corrected chi connectivity index (χ3v) is 4.38. The fraction of sp³-hybridized carbons (Fsp3) is 0.550. The fourth-order valence-electron chi connectivity index (χ4n) is 2.96. The Morgan fingerprint density at radius 1 is 1.12 bits per heavy atom. The van der Waals surface area contributed by atoms with Crippen molar-refractivity contribution in [3.8, 4) is 0 Å². The van der Waals surface area contributed by atoms with Crippen LogP contribution < -0.4 is 10.9 Å². The van der Waals surface area contributed by atoms with Gasteiger partial charge in [-0.05, 0) is 25.3 Å². The van der Waals surface area contributed by atoms with Crippen molar-refractivity contribution in [3.63, 3.8) is 0 Å². The summed E-state index contributed by atoms with van der Waals surface area (Å²) < 4.78 is 1.26. The van der Waals surface area contributed by atoms with E-state index in [0.29, 0.717) is 11.9 Å². The molecule has 0 saturated heterocycles. The molecular formula is C20H29N3O2. The lowest BCUT2D eigenvalue weighted by atomic mass is 10.0. The average molecular weight is 343 g/mol. The van der Waals surface area contributed by atoms with E-state index in [1.165, 1.54) is 23.9 Å². The second-order valence-electron chi connectivity index (χ2n) is 7.04. The van der Waals surface area contributed by atoms with Gasteiger partial charge in [0.2, 0.25) is 5.91 Å². The van der Waals surface area contributed by atoms with Crippen molar-refractivity contribution < 1.29 is 4.79 Å². The van der Waals surface area contributed by atoms with E-state index in [4.69, 9.17) is 0 Å². The van der Waals surface area contributed by atoms with Gasteiger partial charge < -0.3 is 5.32 Å². The van der Waals surface area contributed by atoms with Crippen molar-refractivity contribution in [2.24, 2.45) is 5.92 Å². The second-order valence-corrected chi connectivity index (χ2v) is 7.04. The quantitative estimate of drug-likeness (QED) is 0.710. The number of carbonyl (C=O) groups excluding carboxylic acids is 1. The Labute approximate surface area is 149 Å². The Balaban J connectivity index is 1.82. The van der Waals surface area contributed by atoms with Gasteiger partial charge in [-0.1, -0.05) is 57.7 Å². The molecule has 1 amide bonds. The van der Waals surface area contributed by atoms with Gasteiger partial charge in [-0.3, -0.25) is 9.59 Å². The van der Waals surface area contributed by atoms with E-state index in [-0.39, 0.29) is 18.0 Å². The Hall–Kier alpha value is -2.17. The number of benzene rings is 1. The Morgan fingerprint density at radius 3 is 2.52 bits per heavy atom. The molecule has 0 aliphatic carbocycles. The van der Waals surface area contributed by atoms with Crippen LogP contribution in [0.5, 0.6) is 0 Å². The number of nitrogens with zero attached hydrogens (tertiary/aromatic N) is 2. The van der Waals surface area contributed by atoms with Gasteiger partial charge in [0.15, 0.2) is 0 Å². The van der Waals surface area contributed by atoms with Crippen LogP contribution in [0.2, 0.25) is 0 Å². The Bertz CT molecular complexity index is 765. The first-order valence-corrected chi connectivity index (χ1v) is 9.22. The molecule has 0 aliphatic rings. The zero-order valence-corrected chi connectivity index (χ0v) is 15.5. The highest BCUT2D eigenvalue weighted by Crippen LogP contribution is 2.11. The lowest BCUT2D eigenvalue weighted by molar-refractivity contribution is -0.121. The number of fused-ring (bicyclic) bond motifs is 1. The smallest absolute Gasteiger partial charge is 0.275 e. The maximum absolute atomic E-state index is 12.4. The first-order valence-electron chi connectivity index (χ1n) is 9.22. The standard InChI is InChI=1S/C20H29N3O2/c1-15(2)10-6-4-5-9-13-21-19(24)14-23-20(25)18-12-8-7-11-17(18)16(3)22-23/h7-8,11-12,15H,4-6,9-10,13-14H2,1-3H3,(H,21,24). The van der Waals surface area contributed by atoms with Crippen LogP contribution in [0.15, 0.2) is 29.1 Å². The molecule has 1 heterocycles. The van der Waals surface area contributed by atoms with Crippen molar-refractivity contribution in [3.05, 3.63) is 40.3 Å². The van der Waals surface area contributed by atoms with Gasteiger partial charge in [-0.25, -0.2) is 4.68 Å². The van der Waals surface area contributed by atoms with Gasteiger partial charge >= 0.3 is 0 Å². The normalized spacial score (nSPS) is 11.2. The molecular weight excluding hydrogens is 314 g/mol. The Kier molecular flexibility index (Phi) is 7.16. The summed E-state index contributed by atoms with van der Waals surface area (Å²) in [6.45, 7) is 6.96. The highest BCUT2D eigenvalue weighted by Gasteiger charge is 2.10. The molecule has 0 spiro atoms. The fourth-order valence-corrected chi connectivity index (χ4v) is 2.96. The van der Waals surface area contributed by atoms with E-state index >= 15 is 0 Å². The molecule has 2 rings (SSSR count). The number of unbranched alkanes of at least 4 members (excludes halogenated alkanes) is 3.